The van der Waals surface area contributed by atoms with Gasteiger partial charge >= 0.3 is 0 Å². The van der Waals surface area contributed by atoms with Crippen molar-refractivity contribution in [2.24, 2.45) is 7.05 Å². The summed E-state index contributed by atoms with van der Waals surface area (Å²) in [6.07, 6.45) is 4.91. The Morgan fingerprint density at radius 3 is 2.65 bits per heavy atom. The molecule has 1 heterocycles. The van der Waals surface area contributed by atoms with Crippen LogP contribution < -0.4 is 5.32 Å². The van der Waals surface area contributed by atoms with Crippen LogP contribution >= 0.6 is 0 Å². The molecule has 0 aliphatic carbocycles. The van der Waals surface area contributed by atoms with Crippen molar-refractivity contribution in [3.05, 3.63) is 53.9 Å². The Hall–Kier alpha value is -1.65. The minimum atomic E-state index is 0.257. The molecule has 0 fully saturated rings. The Morgan fingerprint density at radius 1 is 1.30 bits per heavy atom. The van der Waals surface area contributed by atoms with Crippen LogP contribution in [0.1, 0.15) is 24.1 Å². The summed E-state index contributed by atoms with van der Waals surface area (Å²) in [5.74, 6) is 0. The maximum atomic E-state index is 5.33. The molecule has 0 spiro atoms. The highest BCUT2D eigenvalue weighted by molar-refractivity contribution is 5.16. The van der Waals surface area contributed by atoms with Crippen LogP contribution in [0.15, 0.2) is 42.7 Å². The molecule has 1 aromatic heterocycles. The lowest BCUT2D eigenvalue weighted by molar-refractivity contribution is 0.161. The van der Waals surface area contributed by atoms with E-state index in [9.17, 15) is 0 Å². The average molecular weight is 273 g/mol. The van der Waals surface area contributed by atoms with Crippen molar-refractivity contribution in [2.75, 3.05) is 13.7 Å². The number of ether oxygens (including phenoxy) is 1. The van der Waals surface area contributed by atoms with Crippen molar-refractivity contribution in [2.45, 2.75) is 25.4 Å². The molecule has 0 saturated heterocycles. The molecule has 0 unspecified atom stereocenters. The summed E-state index contributed by atoms with van der Waals surface area (Å²) in [6.45, 7) is 2.85. The molecular weight excluding hydrogens is 250 g/mol. The van der Waals surface area contributed by atoms with Crippen LogP contribution in [0.2, 0.25) is 0 Å². The summed E-state index contributed by atoms with van der Waals surface area (Å²) in [7, 11) is 3.68. The average Bonchev–Trinajstić information content (AvgIpc) is 2.87. The molecule has 0 aliphatic rings. The fraction of sp³-hybridized carbons (Fsp3) is 0.438. The number of benzene rings is 1. The second-order valence-electron chi connectivity index (χ2n) is 5.18. The van der Waals surface area contributed by atoms with E-state index in [0.29, 0.717) is 6.61 Å². The number of aryl methyl sites for hydroxylation is 1. The van der Waals surface area contributed by atoms with Gasteiger partial charge in [-0.15, -0.1) is 0 Å². The first kappa shape index (κ1) is 14.8. The van der Waals surface area contributed by atoms with E-state index in [1.807, 2.05) is 30.2 Å². The number of aromatic nitrogens is 2. The molecule has 0 saturated carbocycles. The zero-order chi connectivity index (χ0) is 14.4. The van der Waals surface area contributed by atoms with Gasteiger partial charge in [-0.05, 0) is 18.9 Å². The molecule has 2 rings (SSSR count). The summed E-state index contributed by atoms with van der Waals surface area (Å²) in [4.78, 5) is 0. The smallest absolute Gasteiger partial charge is 0.0619 e. The van der Waals surface area contributed by atoms with Crippen LogP contribution in [-0.2, 0) is 18.2 Å². The highest BCUT2D eigenvalue weighted by Crippen LogP contribution is 2.13. The van der Waals surface area contributed by atoms with Crippen LogP contribution in [-0.4, -0.2) is 29.5 Å². The van der Waals surface area contributed by atoms with Crippen LogP contribution in [0.5, 0.6) is 0 Å². The fourth-order valence-corrected chi connectivity index (χ4v) is 2.38. The second-order valence-corrected chi connectivity index (χ2v) is 5.18. The van der Waals surface area contributed by atoms with E-state index in [-0.39, 0.29) is 12.1 Å². The molecule has 2 atom stereocenters. The lowest BCUT2D eigenvalue weighted by atomic mass is 10.0. The van der Waals surface area contributed by atoms with E-state index in [1.165, 1.54) is 11.1 Å². The van der Waals surface area contributed by atoms with Gasteiger partial charge in [-0.1, -0.05) is 30.3 Å². The summed E-state index contributed by atoms with van der Waals surface area (Å²) >= 11 is 0. The first-order chi connectivity index (χ1) is 9.69. The van der Waals surface area contributed by atoms with Crippen molar-refractivity contribution in [3.8, 4) is 0 Å². The zero-order valence-corrected chi connectivity index (χ0v) is 12.4. The topological polar surface area (TPSA) is 39.1 Å². The highest BCUT2D eigenvalue weighted by atomic mass is 16.5. The van der Waals surface area contributed by atoms with Crippen molar-refractivity contribution >= 4 is 0 Å². The third-order valence-corrected chi connectivity index (χ3v) is 3.40. The van der Waals surface area contributed by atoms with Gasteiger partial charge in [0.25, 0.3) is 0 Å². The predicted molar refractivity (Wildman–Crippen MR) is 80.6 cm³/mol. The standard InChI is InChI=1S/C16H23N3O/c1-13(15-10-17-19(2)11-15)18-16(12-20-3)9-14-7-5-4-6-8-14/h4-8,10-11,13,16,18H,9,12H2,1-3H3/t13-,16-/m0/s1. The largest absolute Gasteiger partial charge is 0.383 e. The van der Waals surface area contributed by atoms with Crippen molar-refractivity contribution < 1.29 is 4.74 Å². The Labute approximate surface area is 120 Å². The normalized spacial score (nSPS) is 14.2. The Kier molecular flexibility index (Phi) is 5.32. The Balaban J connectivity index is 1.98. The quantitative estimate of drug-likeness (QED) is 0.841. The highest BCUT2D eigenvalue weighted by Gasteiger charge is 2.15. The van der Waals surface area contributed by atoms with Gasteiger partial charge in [0, 0.05) is 38.0 Å². The van der Waals surface area contributed by atoms with E-state index < -0.39 is 0 Å². The third-order valence-electron chi connectivity index (χ3n) is 3.40. The van der Waals surface area contributed by atoms with E-state index in [4.69, 9.17) is 4.74 Å². The van der Waals surface area contributed by atoms with Gasteiger partial charge in [0.05, 0.1) is 12.8 Å². The molecule has 108 valence electrons. The first-order valence-electron chi connectivity index (χ1n) is 6.96. The van der Waals surface area contributed by atoms with Crippen LogP contribution in [0.4, 0.5) is 0 Å². The van der Waals surface area contributed by atoms with Gasteiger partial charge in [0.1, 0.15) is 0 Å². The molecule has 1 N–H and O–H groups in total. The molecule has 0 amide bonds. The Bertz CT molecular complexity index is 509. The SMILES string of the molecule is COC[C@H](Cc1ccccc1)N[C@@H](C)c1cnn(C)c1. The summed E-state index contributed by atoms with van der Waals surface area (Å²) in [6, 6.07) is 11.0. The maximum absolute atomic E-state index is 5.33. The van der Waals surface area contributed by atoms with Gasteiger partial charge in [-0.3, -0.25) is 4.68 Å². The van der Waals surface area contributed by atoms with Gasteiger partial charge < -0.3 is 10.1 Å². The van der Waals surface area contributed by atoms with E-state index >= 15 is 0 Å². The van der Waals surface area contributed by atoms with E-state index in [2.05, 4.69) is 41.6 Å². The zero-order valence-electron chi connectivity index (χ0n) is 12.4. The molecule has 2 aromatic rings. The van der Waals surface area contributed by atoms with Gasteiger partial charge in [0.15, 0.2) is 0 Å². The third kappa shape index (κ3) is 4.18. The van der Waals surface area contributed by atoms with E-state index in [0.717, 1.165) is 6.42 Å². The van der Waals surface area contributed by atoms with Gasteiger partial charge in [0.2, 0.25) is 0 Å². The summed E-state index contributed by atoms with van der Waals surface area (Å²) in [5, 5.41) is 7.84. The fourth-order valence-electron chi connectivity index (χ4n) is 2.38. The number of hydrogen-bond acceptors (Lipinski definition) is 3. The molecule has 0 radical (unpaired) electrons. The number of methoxy groups -OCH3 is 1. The van der Waals surface area contributed by atoms with Crippen LogP contribution in [0.25, 0.3) is 0 Å². The van der Waals surface area contributed by atoms with Crippen molar-refractivity contribution in [3.63, 3.8) is 0 Å². The molecule has 4 heteroatoms. The lowest BCUT2D eigenvalue weighted by Crippen LogP contribution is -2.36. The second kappa shape index (κ2) is 7.22. The number of nitrogens with zero attached hydrogens (tertiary/aromatic N) is 2. The van der Waals surface area contributed by atoms with E-state index in [1.54, 1.807) is 7.11 Å². The molecule has 4 nitrogen and oxygen atoms in total. The summed E-state index contributed by atoms with van der Waals surface area (Å²) in [5.41, 5.74) is 2.52. The number of nitrogens with one attached hydrogen (secondary N) is 1. The van der Waals surface area contributed by atoms with Gasteiger partial charge in [-0.2, -0.15) is 5.10 Å². The minimum absolute atomic E-state index is 0.257. The van der Waals surface area contributed by atoms with Crippen molar-refractivity contribution in [1.82, 2.24) is 15.1 Å². The van der Waals surface area contributed by atoms with Crippen LogP contribution in [0.3, 0.4) is 0 Å². The maximum Gasteiger partial charge on any atom is 0.0619 e. The van der Waals surface area contributed by atoms with Crippen LogP contribution in [0, 0.1) is 0 Å². The molecular formula is C16H23N3O. The molecule has 0 bridgehead atoms. The molecule has 1 aromatic carbocycles. The predicted octanol–water partition coefficient (Wildman–Crippen LogP) is 2.33. The number of rotatable bonds is 7. The lowest BCUT2D eigenvalue weighted by Gasteiger charge is -2.22. The first-order valence-corrected chi connectivity index (χ1v) is 6.96. The van der Waals surface area contributed by atoms with Crippen molar-refractivity contribution in [1.29, 1.82) is 0 Å². The summed E-state index contributed by atoms with van der Waals surface area (Å²) < 4.78 is 7.16. The van der Waals surface area contributed by atoms with Gasteiger partial charge in [-0.25, -0.2) is 0 Å². The minimum Gasteiger partial charge on any atom is -0.383 e. The Morgan fingerprint density at radius 2 is 2.05 bits per heavy atom. The monoisotopic (exact) mass is 273 g/mol. The molecule has 20 heavy (non-hydrogen) atoms. The molecule has 0 aliphatic heterocycles. The number of hydrogen-bond donors (Lipinski definition) is 1.